The molecule has 0 unspecified atom stereocenters. The van der Waals surface area contributed by atoms with Crippen LogP contribution in [0.15, 0.2) is 18.2 Å². The molecule has 0 atom stereocenters. The summed E-state index contributed by atoms with van der Waals surface area (Å²) in [5.41, 5.74) is 0.648. The van der Waals surface area contributed by atoms with Gasteiger partial charge >= 0.3 is 6.18 Å². The number of amides is 2. The molecule has 2 aromatic heterocycles. The van der Waals surface area contributed by atoms with Crippen LogP contribution in [-0.2, 0) is 11.3 Å². The second kappa shape index (κ2) is 13.6. The number of imidazole rings is 1. The molecule has 2 heterocycles. The molecule has 230 valence electrons. The van der Waals surface area contributed by atoms with E-state index in [1.807, 2.05) is 0 Å². The number of aromatic amines is 1. The largest absolute Gasteiger partial charge is 0.471 e. The maximum Gasteiger partial charge on any atom is 0.391 e. The monoisotopic (exact) mass is 647 g/mol. The normalized spacial score (nSPS) is 17.0. The van der Waals surface area contributed by atoms with Crippen LogP contribution in [0.3, 0.4) is 0 Å². The fourth-order valence-corrected chi connectivity index (χ4v) is 5.05. The number of nitrogens with zero attached hydrogens (tertiary/aromatic N) is 3. The van der Waals surface area contributed by atoms with Crippen LogP contribution < -0.4 is 20.7 Å². The number of ether oxygens (including phenoxy) is 1. The minimum absolute atomic E-state index is 0.00798. The molecule has 1 saturated carbocycles. The van der Waals surface area contributed by atoms with E-state index in [0.717, 1.165) is 0 Å². The van der Waals surface area contributed by atoms with Crippen LogP contribution in [0.25, 0.3) is 11.2 Å². The van der Waals surface area contributed by atoms with Crippen LogP contribution in [0.5, 0.6) is 5.88 Å². The van der Waals surface area contributed by atoms with Crippen molar-refractivity contribution in [2.45, 2.75) is 57.3 Å². The van der Waals surface area contributed by atoms with Gasteiger partial charge in [0.1, 0.15) is 12.0 Å². The number of fused-ring (bicyclic) bond motifs is 1. The van der Waals surface area contributed by atoms with E-state index in [1.54, 1.807) is 12.1 Å². The number of carbonyl (C=O) groups is 2. The molecule has 0 radical (unpaired) electrons. The summed E-state index contributed by atoms with van der Waals surface area (Å²) in [5.74, 6) is -3.07. The Hall–Kier alpha value is -3.90. The van der Waals surface area contributed by atoms with Crippen molar-refractivity contribution in [3.05, 3.63) is 39.4 Å². The van der Waals surface area contributed by atoms with E-state index in [4.69, 9.17) is 33.2 Å². The van der Waals surface area contributed by atoms with Crippen LogP contribution in [0.4, 0.5) is 33.6 Å². The molecule has 1 aliphatic rings. The Morgan fingerprint density at radius 2 is 1.88 bits per heavy atom. The van der Waals surface area contributed by atoms with Gasteiger partial charge in [0.05, 0.1) is 33.2 Å². The summed E-state index contributed by atoms with van der Waals surface area (Å²) in [4.78, 5) is 36.0. The average Bonchev–Trinajstić information content (AvgIpc) is 3.34. The lowest BCUT2D eigenvalue weighted by molar-refractivity contribution is -0.182. The molecule has 1 aliphatic carbocycles. The molecule has 1 fully saturated rings. The Morgan fingerprint density at radius 3 is 2.53 bits per heavy atom. The molecule has 2 amide bonds. The molecule has 0 spiro atoms. The molecule has 1 aromatic carbocycles. The third-order valence-corrected chi connectivity index (χ3v) is 7.43. The third kappa shape index (κ3) is 8.14. The van der Waals surface area contributed by atoms with Gasteiger partial charge in [0.2, 0.25) is 17.7 Å². The Labute approximate surface area is 251 Å². The van der Waals surface area contributed by atoms with Crippen molar-refractivity contribution in [3.63, 3.8) is 0 Å². The number of alkyl halides is 5. The van der Waals surface area contributed by atoms with Crippen molar-refractivity contribution < 1.29 is 36.3 Å². The molecule has 0 saturated heterocycles. The van der Waals surface area contributed by atoms with Gasteiger partial charge in [0, 0.05) is 12.6 Å². The number of H-pyrrole nitrogens is 1. The van der Waals surface area contributed by atoms with E-state index in [9.17, 15) is 31.5 Å². The zero-order valence-electron chi connectivity index (χ0n) is 22.1. The molecular weight excluding hydrogens is 624 g/mol. The van der Waals surface area contributed by atoms with E-state index in [2.05, 4.69) is 30.9 Å². The molecule has 4 N–H and O–H groups in total. The predicted molar refractivity (Wildman–Crippen MR) is 146 cm³/mol. The summed E-state index contributed by atoms with van der Waals surface area (Å²) in [6.07, 6.45) is -7.60. The van der Waals surface area contributed by atoms with Crippen molar-refractivity contribution in [2.75, 3.05) is 11.9 Å². The maximum atomic E-state index is 13.1. The number of aromatic nitrogens is 3. The standard InChI is InChI=1S/C26H24Cl2F5N7O3/c27-16-6-1-12(10-35-19(41)7-8-34)20(28)21(16)38-25-37-17-9-15(24(39-22(17)40-25)43-11-18(29)30)23(42)36-14-4-2-13(3-5-14)26(31,32)33/h1,6,9,13-14,18H,2-5,7,10-11H2,(H,35,41)(H,36,42)(H2,37,38,39,40). The maximum absolute atomic E-state index is 13.1. The van der Waals surface area contributed by atoms with Crippen molar-refractivity contribution in [2.24, 2.45) is 5.92 Å². The fraction of sp³-hybridized carbons (Fsp3) is 0.423. The highest BCUT2D eigenvalue weighted by Crippen LogP contribution is 2.38. The zero-order valence-corrected chi connectivity index (χ0v) is 23.6. The first-order valence-corrected chi connectivity index (χ1v) is 13.7. The van der Waals surface area contributed by atoms with E-state index >= 15 is 0 Å². The van der Waals surface area contributed by atoms with Gasteiger partial charge in [-0.3, -0.25) is 9.59 Å². The molecule has 17 heteroatoms. The van der Waals surface area contributed by atoms with Crippen molar-refractivity contribution in [3.8, 4) is 11.9 Å². The first kappa shape index (κ1) is 32.0. The predicted octanol–water partition coefficient (Wildman–Crippen LogP) is 6.03. The summed E-state index contributed by atoms with van der Waals surface area (Å²) in [6.45, 7) is -1.05. The van der Waals surface area contributed by atoms with Gasteiger partial charge in [-0.05, 0) is 43.4 Å². The van der Waals surface area contributed by atoms with Gasteiger partial charge < -0.3 is 25.7 Å². The summed E-state index contributed by atoms with van der Waals surface area (Å²) in [6, 6.07) is 5.56. The molecule has 4 rings (SSSR count). The first-order chi connectivity index (χ1) is 20.3. The smallest absolute Gasteiger partial charge is 0.391 e. The Bertz CT molecular complexity index is 1540. The van der Waals surface area contributed by atoms with Gasteiger partial charge in [-0.25, -0.2) is 8.78 Å². The summed E-state index contributed by atoms with van der Waals surface area (Å²) < 4.78 is 70.0. The van der Waals surface area contributed by atoms with E-state index < -0.39 is 48.9 Å². The van der Waals surface area contributed by atoms with Gasteiger partial charge in [-0.2, -0.15) is 28.4 Å². The molecular formula is C26H24Cl2F5N7O3. The number of rotatable bonds is 10. The topological polar surface area (TPSA) is 145 Å². The van der Waals surface area contributed by atoms with E-state index in [1.165, 1.54) is 12.1 Å². The van der Waals surface area contributed by atoms with Gasteiger partial charge in [0.25, 0.3) is 12.3 Å². The van der Waals surface area contributed by atoms with Gasteiger partial charge in [-0.15, -0.1) is 0 Å². The zero-order chi connectivity index (χ0) is 31.3. The molecule has 0 aliphatic heterocycles. The second-order valence-electron chi connectivity index (χ2n) is 9.70. The lowest BCUT2D eigenvalue weighted by Gasteiger charge is -2.30. The first-order valence-electron chi connectivity index (χ1n) is 12.9. The highest BCUT2D eigenvalue weighted by atomic mass is 35.5. The van der Waals surface area contributed by atoms with Gasteiger partial charge in [-0.1, -0.05) is 29.3 Å². The van der Waals surface area contributed by atoms with Crippen molar-refractivity contribution >= 4 is 57.8 Å². The van der Waals surface area contributed by atoms with Crippen molar-refractivity contribution in [1.82, 2.24) is 25.6 Å². The number of halogens is 7. The summed E-state index contributed by atoms with van der Waals surface area (Å²) >= 11 is 12.8. The molecule has 43 heavy (non-hydrogen) atoms. The lowest BCUT2D eigenvalue weighted by Crippen LogP contribution is -2.40. The van der Waals surface area contributed by atoms with Crippen LogP contribution >= 0.6 is 23.2 Å². The Balaban J connectivity index is 1.56. The fourth-order valence-electron chi connectivity index (χ4n) is 4.52. The van der Waals surface area contributed by atoms with Crippen LogP contribution in [0, 0.1) is 17.2 Å². The quantitative estimate of drug-likeness (QED) is 0.197. The van der Waals surface area contributed by atoms with Crippen LogP contribution in [0.1, 0.15) is 48.0 Å². The number of hydrogen-bond acceptors (Lipinski definition) is 7. The highest BCUT2D eigenvalue weighted by molar-refractivity contribution is 6.39. The van der Waals surface area contributed by atoms with E-state index in [-0.39, 0.29) is 77.1 Å². The third-order valence-electron chi connectivity index (χ3n) is 6.68. The number of nitriles is 1. The molecule has 3 aromatic rings. The summed E-state index contributed by atoms with van der Waals surface area (Å²) in [5, 5.41) is 17.1. The minimum atomic E-state index is -4.31. The van der Waals surface area contributed by atoms with Crippen LogP contribution in [0.2, 0.25) is 10.0 Å². The highest BCUT2D eigenvalue weighted by Gasteiger charge is 2.41. The number of carbonyl (C=O) groups excluding carboxylic acids is 2. The number of anilines is 2. The van der Waals surface area contributed by atoms with Gasteiger partial charge in [0.15, 0.2) is 12.3 Å². The second-order valence-corrected chi connectivity index (χ2v) is 10.5. The van der Waals surface area contributed by atoms with E-state index in [0.29, 0.717) is 5.56 Å². The lowest BCUT2D eigenvalue weighted by atomic mass is 9.85. The number of pyridine rings is 1. The summed E-state index contributed by atoms with van der Waals surface area (Å²) in [7, 11) is 0. The van der Waals surface area contributed by atoms with Crippen molar-refractivity contribution in [1.29, 1.82) is 5.26 Å². The minimum Gasteiger partial charge on any atom is -0.471 e. The number of benzene rings is 1. The number of nitrogens with one attached hydrogen (secondary N) is 4. The average molecular weight is 648 g/mol. The molecule has 0 bridgehead atoms. The SMILES string of the molecule is N#CCC(=O)NCc1ccc(Cl)c(Nc2nc3nc(OCC(F)F)c(C(=O)NC4CCC(C(F)(F)F)CC4)cc3[nH]2)c1Cl. The number of hydrogen-bond donors (Lipinski definition) is 4. The van der Waals surface area contributed by atoms with Crippen LogP contribution in [-0.4, -0.2) is 52.0 Å². The Morgan fingerprint density at radius 1 is 1.16 bits per heavy atom. The Kier molecular flexibility index (Phi) is 10.1. The molecule has 10 nitrogen and oxygen atoms in total.